The number of hydrogen-bond donors (Lipinski definition) is 2. The smallest absolute Gasteiger partial charge is 0.221 e. The van der Waals surface area contributed by atoms with Crippen LogP contribution in [-0.4, -0.2) is 18.7 Å². The Morgan fingerprint density at radius 3 is 2.79 bits per heavy atom. The fourth-order valence-electron chi connectivity index (χ4n) is 3.08. The predicted molar refractivity (Wildman–Crippen MR) is 107 cm³/mol. The molecule has 140 valence electrons. The summed E-state index contributed by atoms with van der Waals surface area (Å²) >= 11 is 0. The fourth-order valence-corrected chi connectivity index (χ4v) is 3.08. The molecule has 1 amide bonds. The minimum atomic E-state index is -0.513. The van der Waals surface area contributed by atoms with Gasteiger partial charge in [0.2, 0.25) is 5.91 Å². The normalized spacial score (nSPS) is 17.0. The number of carbonyl (C=O) groups excluding carboxylic acids is 1. The average Bonchev–Trinajstić information content (AvgIpc) is 2.69. The maximum absolute atomic E-state index is 11.6. The minimum Gasteiger partial charge on any atom is -0.492 e. The molecule has 2 unspecified atom stereocenters. The first-order chi connectivity index (χ1) is 13.5. The Kier molecular flexibility index (Phi) is 5.57. The molecule has 0 bridgehead atoms. The second kappa shape index (κ2) is 8.24. The van der Waals surface area contributed by atoms with Crippen LogP contribution in [0.4, 0.5) is 17.1 Å². The summed E-state index contributed by atoms with van der Waals surface area (Å²) in [4.78, 5) is 16.0. The van der Waals surface area contributed by atoms with Crippen LogP contribution in [0, 0.1) is 28.6 Å². The second-order valence-corrected chi connectivity index (χ2v) is 6.27. The van der Waals surface area contributed by atoms with Crippen molar-refractivity contribution in [3.63, 3.8) is 0 Å². The first-order valence-electron chi connectivity index (χ1n) is 8.84. The van der Waals surface area contributed by atoms with Crippen LogP contribution in [-0.2, 0) is 4.79 Å². The number of nitrogens with zero attached hydrogens (tertiary/aromatic N) is 3. The van der Waals surface area contributed by atoms with Crippen molar-refractivity contribution in [3.8, 4) is 17.9 Å². The molecule has 0 radical (unpaired) electrons. The number of nitrogens with one attached hydrogen (secondary N) is 2. The van der Waals surface area contributed by atoms with E-state index in [1.54, 1.807) is 36.5 Å². The van der Waals surface area contributed by atoms with Crippen molar-refractivity contribution >= 4 is 29.2 Å². The van der Waals surface area contributed by atoms with Gasteiger partial charge in [-0.05, 0) is 31.2 Å². The number of ether oxygens (including phenoxy) is 1. The SMILES string of the molecule is CCOc1cc2c(cc1NC(C)=O)C(Nc1cccc(C#N)c1)C(C#N)C=N2. The fraction of sp³-hybridized carbons (Fsp3) is 0.238. The van der Waals surface area contributed by atoms with E-state index < -0.39 is 12.0 Å². The van der Waals surface area contributed by atoms with E-state index >= 15 is 0 Å². The van der Waals surface area contributed by atoms with Crippen LogP contribution in [0.5, 0.6) is 5.75 Å². The number of amides is 1. The van der Waals surface area contributed by atoms with Gasteiger partial charge in [0.15, 0.2) is 0 Å². The van der Waals surface area contributed by atoms with Gasteiger partial charge in [0, 0.05) is 30.5 Å². The number of nitriles is 2. The second-order valence-electron chi connectivity index (χ2n) is 6.27. The van der Waals surface area contributed by atoms with Crippen molar-refractivity contribution in [1.82, 2.24) is 0 Å². The quantitative estimate of drug-likeness (QED) is 0.825. The molecule has 2 aromatic carbocycles. The lowest BCUT2D eigenvalue weighted by molar-refractivity contribution is -0.114. The minimum absolute atomic E-state index is 0.219. The topological polar surface area (TPSA) is 110 Å². The van der Waals surface area contributed by atoms with Gasteiger partial charge in [-0.2, -0.15) is 10.5 Å². The Balaban J connectivity index is 2.06. The molecule has 7 heteroatoms. The maximum Gasteiger partial charge on any atom is 0.221 e. The molecule has 1 aliphatic heterocycles. The van der Waals surface area contributed by atoms with E-state index in [0.29, 0.717) is 29.3 Å². The zero-order valence-electron chi connectivity index (χ0n) is 15.6. The number of hydrogen-bond acceptors (Lipinski definition) is 6. The van der Waals surface area contributed by atoms with Crippen molar-refractivity contribution in [2.24, 2.45) is 10.9 Å². The molecule has 0 aromatic heterocycles. The van der Waals surface area contributed by atoms with Crippen LogP contribution in [0.1, 0.15) is 31.0 Å². The standard InChI is InChI=1S/C21H19N5O2/c1-3-28-20-9-18-17(8-19(20)25-13(2)27)21(15(11-23)12-24-18)26-16-6-4-5-14(7-16)10-22/h4-9,12,15,21,26H,3H2,1-2H3,(H,25,27). The molecule has 28 heavy (non-hydrogen) atoms. The van der Waals surface area contributed by atoms with Crippen LogP contribution in [0.25, 0.3) is 0 Å². The Bertz CT molecular complexity index is 1020. The average molecular weight is 373 g/mol. The summed E-state index contributed by atoms with van der Waals surface area (Å²) in [5, 5.41) is 24.8. The molecule has 1 heterocycles. The highest BCUT2D eigenvalue weighted by Gasteiger charge is 2.29. The summed E-state index contributed by atoms with van der Waals surface area (Å²) in [6, 6.07) is 14.6. The number of anilines is 2. The molecule has 1 aliphatic rings. The third-order valence-corrected chi connectivity index (χ3v) is 4.27. The van der Waals surface area contributed by atoms with Gasteiger partial charge >= 0.3 is 0 Å². The first kappa shape index (κ1) is 18.9. The summed E-state index contributed by atoms with van der Waals surface area (Å²) < 4.78 is 5.63. The molecular formula is C21H19N5O2. The summed E-state index contributed by atoms with van der Waals surface area (Å²) in [5.41, 5.74) is 3.20. The van der Waals surface area contributed by atoms with Gasteiger partial charge in [-0.15, -0.1) is 0 Å². The summed E-state index contributed by atoms with van der Waals surface area (Å²) in [7, 11) is 0. The highest BCUT2D eigenvalue weighted by Crippen LogP contribution is 2.42. The molecule has 0 fully saturated rings. The molecule has 0 saturated heterocycles. The lowest BCUT2D eigenvalue weighted by Gasteiger charge is -2.28. The number of aliphatic imine (C=N–C) groups is 1. The Hall–Kier alpha value is -3.84. The van der Waals surface area contributed by atoms with Crippen molar-refractivity contribution in [1.29, 1.82) is 10.5 Å². The van der Waals surface area contributed by atoms with Crippen molar-refractivity contribution in [3.05, 3.63) is 47.5 Å². The lowest BCUT2D eigenvalue weighted by atomic mass is 9.90. The van der Waals surface area contributed by atoms with E-state index in [-0.39, 0.29) is 5.91 Å². The molecule has 0 spiro atoms. The third kappa shape index (κ3) is 3.94. The van der Waals surface area contributed by atoms with Crippen LogP contribution < -0.4 is 15.4 Å². The van der Waals surface area contributed by atoms with Crippen molar-refractivity contribution in [2.75, 3.05) is 17.2 Å². The largest absolute Gasteiger partial charge is 0.492 e. The number of carbonyl (C=O) groups is 1. The Morgan fingerprint density at radius 2 is 2.11 bits per heavy atom. The maximum atomic E-state index is 11.6. The van der Waals surface area contributed by atoms with Gasteiger partial charge in [0.1, 0.15) is 11.7 Å². The molecular weight excluding hydrogens is 354 g/mol. The van der Waals surface area contributed by atoms with E-state index in [1.807, 2.05) is 13.0 Å². The number of fused-ring (bicyclic) bond motifs is 1. The van der Waals surface area contributed by atoms with Gasteiger partial charge in [-0.3, -0.25) is 9.79 Å². The zero-order chi connectivity index (χ0) is 20.1. The van der Waals surface area contributed by atoms with Gasteiger partial charge in [-0.25, -0.2) is 0 Å². The first-order valence-corrected chi connectivity index (χ1v) is 8.84. The molecule has 7 nitrogen and oxygen atoms in total. The zero-order valence-corrected chi connectivity index (χ0v) is 15.6. The lowest BCUT2D eigenvalue weighted by Crippen LogP contribution is -2.24. The van der Waals surface area contributed by atoms with E-state index in [2.05, 4.69) is 27.8 Å². The van der Waals surface area contributed by atoms with Crippen LogP contribution in [0.15, 0.2) is 41.4 Å². The molecule has 2 aromatic rings. The summed E-state index contributed by atoms with van der Waals surface area (Å²) in [6.07, 6.45) is 1.60. The molecule has 0 aliphatic carbocycles. The number of benzene rings is 2. The van der Waals surface area contributed by atoms with E-state index in [4.69, 9.17) is 10.00 Å². The van der Waals surface area contributed by atoms with E-state index in [0.717, 1.165) is 11.3 Å². The Morgan fingerprint density at radius 1 is 1.29 bits per heavy atom. The van der Waals surface area contributed by atoms with Crippen LogP contribution >= 0.6 is 0 Å². The van der Waals surface area contributed by atoms with E-state index in [9.17, 15) is 10.1 Å². The van der Waals surface area contributed by atoms with Gasteiger partial charge in [0.25, 0.3) is 0 Å². The molecule has 0 saturated carbocycles. The summed E-state index contributed by atoms with van der Waals surface area (Å²) in [6.45, 7) is 3.73. The molecule has 2 atom stereocenters. The number of rotatable bonds is 5. The Labute approximate surface area is 163 Å². The van der Waals surface area contributed by atoms with Crippen LogP contribution in [0.2, 0.25) is 0 Å². The predicted octanol–water partition coefficient (Wildman–Crippen LogP) is 3.92. The monoisotopic (exact) mass is 373 g/mol. The van der Waals surface area contributed by atoms with Gasteiger partial charge < -0.3 is 15.4 Å². The van der Waals surface area contributed by atoms with E-state index in [1.165, 1.54) is 6.92 Å². The third-order valence-electron chi connectivity index (χ3n) is 4.27. The van der Waals surface area contributed by atoms with Gasteiger partial charge in [0.05, 0.1) is 41.7 Å². The van der Waals surface area contributed by atoms with Crippen molar-refractivity contribution < 1.29 is 9.53 Å². The van der Waals surface area contributed by atoms with Crippen LogP contribution in [0.3, 0.4) is 0 Å². The molecule has 3 rings (SSSR count). The van der Waals surface area contributed by atoms with Gasteiger partial charge in [-0.1, -0.05) is 6.07 Å². The molecule has 2 N–H and O–H groups in total. The highest BCUT2D eigenvalue weighted by atomic mass is 16.5. The summed E-state index contributed by atoms with van der Waals surface area (Å²) in [5.74, 6) is -0.209. The highest BCUT2D eigenvalue weighted by molar-refractivity contribution is 5.92. The van der Waals surface area contributed by atoms with Crippen molar-refractivity contribution in [2.45, 2.75) is 19.9 Å².